The Morgan fingerprint density at radius 2 is 1.87 bits per heavy atom. The van der Waals surface area contributed by atoms with Gasteiger partial charge in [-0.1, -0.05) is 37.5 Å². The van der Waals surface area contributed by atoms with Crippen molar-refractivity contribution >= 4 is 17.5 Å². The number of amides is 2. The lowest BCUT2D eigenvalue weighted by Crippen LogP contribution is -2.39. The van der Waals surface area contributed by atoms with Crippen LogP contribution >= 0.6 is 0 Å². The summed E-state index contributed by atoms with van der Waals surface area (Å²) < 4.78 is 5.84. The Morgan fingerprint density at radius 3 is 2.67 bits per heavy atom. The predicted octanol–water partition coefficient (Wildman–Crippen LogP) is 4.49. The van der Waals surface area contributed by atoms with E-state index >= 15 is 0 Å². The number of aryl methyl sites for hydroxylation is 1. The van der Waals surface area contributed by atoms with Gasteiger partial charge in [0.2, 0.25) is 5.91 Å². The van der Waals surface area contributed by atoms with Crippen LogP contribution in [0.15, 0.2) is 42.5 Å². The highest BCUT2D eigenvalue weighted by Gasteiger charge is 2.27. The van der Waals surface area contributed by atoms with Gasteiger partial charge in [-0.15, -0.1) is 0 Å². The highest BCUT2D eigenvalue weighted by molar-refractivity contribution is 6.05. The molecule has 1 unspecified atom stereocenters. The molecule has 1 heterocycles. The smallest absolute Gasteiger partial charge is 0.255 e. The first kappa shape index (κ1) is 20.5. The lowest BCUT2D eigenvalue weighted by molar-refractivity contribution is -0.126. The maximum absolute atomic E-state index is 12.7. The molecule has 1 aliphatic heterocycles. The molecule has 0 saturated heterocycles. The predicted molar refractivity (Wildman–Crippen MR) is 118 cm³/mol. The normalized spacial score (nSPS) is 18.8. The molecule has 0 aromatic heterocycles. The van der Waals surface area contributed by atoms with Crippen molar-refractivity contribution in [2.24, 2.45) is 11.8 Å². The van der Waals surface area contributed by atoms with E-state index < -0.39 is 0 Å². The molecule has 1 fully saturated rings. The van der Waals surface area contributed by atoms with Crippen LogP contribution in [0.1, 0.15) is 53.6 Å². The van der Waals surface area contributed by atoms with Crippen molar-refractivity contribution in [2.45, 2.75) is 45.4 Å². The van der Waals surface area contributed by atoms with E-state index in [4.69, 9.17) is 4.74 Å². The molecule has 1 saturated carbocycles. The summed E-state index contributed by atoms with van der Waals surface area (Å²) in [6.07, 6.45) is 6.93. The molecule has 0 radical (unpaired) electrons. The van der Waals surface area contributed by atoms with Crippen molar-refractivity contribution in [3.63, 3.8) is 0 Å². The Morgan fingerprint density at radius 1 is 1.07 bits per heavy atom. The Labute approximate surface area is 178 Å². The van der Waals surface area contributed by atoms with Crippen molar-refractivity contribution < 1.29 is 14.3 Å². The third kappa shape index (κ3) is 4.84. The number of carbonyl (C=O) groups is 2. The molecule has 30 heavy (non-hydrogen) atoms. The summed E-state index contributed by atoms with van der Waals surface area (Å²) >= 11 is 0. The topological polar surface area (TPSA) is 67.4 Å². The largest absolute Gasteiger partial charge is 0.492 e. The standard InChI is InChI=1S/C25H30N2O3/c1-17-7-5-6-10-22(17)25(29)27-21-11-12-23-19(14-21)13-20(16-30-23)24(28)26-15-18-8-3-2-4-9-18/h5-7,10-12,14,18,20H,2-4,8-9,13,15-16H2,1H3,(H,26,28)(H,27,29). The molecular weight excluding hydrogens is 376 g/mol. The molecule has 2 N–H and O–H groups in total. The van der Waals surface area contributed by atoms with E-state index in [1.165, 1.54) is 32.1 Å². The molecule has 2 aromatic carbocycles. The Hall–Kier alpha value is -2.82. The van der Waals surface area contributed by atoms with Gasteiger partial charge in [0.25, 0.3) is 5.91 Å². The van der Waals surface area contributed by atoms with Crippen molar-refractivity contribution in [3.05, 3.63) is 59.2 Å². The van der Waals surface area contributed by atoms with E-state index in [0.717, 1.165) is 23.4 Å². The lowest BCUT2D eigenvalue weighted by Gasteiger charge is -2.27. The van der Waals surface area contributed by atoms with Gasteiger partial charge < -0.3 is 15.4 Å². The maximum atomic E-state index is 12.7. The zero-order valence-electron chi connectivity index (χ0n) is 17.6. The molecule has 2 aliphatic rings. The summed E-state index contributed by atoms with van der Waals surface area (Å²) in [6, 6.07) is 13.2. The Bertz CT molecular complexity index is 918. The first-order chi connectivity index (χ1) is 14.6. The highest BCUT2D eigenvalue weighted by atomic mass is 16.5. The van der Waals surface area contributed by atoms with Crippen molar-refractivity contribution in [1.82, 2.24) is 5.32 Å². The number of ether oxygens (including phenoxy) is 1. The van der Waals surface area contributed by atoms with Crippen molar-refractivity contribution in [1.29, 1.82) is 0 Å². The average Bonchev–Trinajstić information content (AvgIpc) is 2.78. The number of hydrogen-bond acceptors (Lipinski definition) is 3. The minimum absolute atomic E-state index is 0.0700. The maximum Gasteiger partial charge on any atom is 0.255 e. The number of carbonyl (C=O) groups excluding carboxylic acids is 2. The molecule has 5 nitrogen and oxygen atoms in total. The van der Waals surface area contributed by atoms with Gasteiger partial charge in [0, 0.05) is 17.8 Å². The number of hydrogen-bond donors (Lipinski definition) is 2. The van der Waals surface area contributed by atoms with Gasteiger partial charge in [0.05, 0.1) is 5.92 Å². The first-order valence-electron chi connectivity index (χ1n) is 11.0. The van der Waals surface area contributed by atoms with Crippen LogP contribution in [0.25, 0.3) is 0 Å². The van der Waals surface area contributed by atoms with Gasteiger partial charge in [0.15, 0.2) is 0 Å². The van der Waals surface area contributed by atoms with Gasteiger partial charge >= 0.3 is 0 Å². The van der Waals surface area contributed by atoms with Crippen LogP contribution in [-0.2, 0) is 11.2 Å². The molecule has 1 aliphatic carbocycles. The molecule has 0 bridgehead atoms. The van der Waals surface area contributed by atoms with E-state index in [2.05, 4.69) is 10.6 Å². The fourth-order valence-corrected chi connectivity index (χ4v) is 4.45. The number of rotatable bonds is 5. The monoisotopic (exact) mass is 406 g/mol. The van der Waals surface area contributed by atoms with Gasteiger partial charge in [-0.05, 0) is 67.5 Å². The molecule has 2 amide bonds. The number of benzene rings is 2. The Balaban J connectivity index is 1.37. The van der Waals surface area contributed by atoms with Crippen LogP contribution in [-0.4, -0.2) is 25.0 Å². The minimum atomic E-state index is -0.191. The van der Waals surface area contributed by atoms with E-state index in [-0.39, 0.29) is 17.7 Å². The molecule has 4 rings (SSSR count). The van der Waals surface area contributed by atoms with E-state index in [0.29, 0.717) is 30.2 Å². The fraction of sp³-hybridized carbons (Fsp3) is 0.440. The number of nitrogens with one attached hydrogen (secondary N) is 2. The lowest BCUT2D eigenvalue weighted by atomic mass is 9.89. The fourth-order valence-electron chi connectivity index (χ4n) is 4.45. The summed E-state index contributed by atoms with van der Waals surface area (Å²) in [7, 11) is 0. The van der Waals surface area contributed by atoms with Gasteiger partial charge in [-0.3, -0.25) is 9.59 Å². The van der Waals surface area contributed by atoms with Gasteiger partial charge in [-0.2, -0.15) is 0 Å². The van der Waals surface area contributed by atoms with E-state index in [1.54, 1.807) is 0 Å². The highest BCUT2D eigenvalue weighted by Crippen LogP contribution is 2.30. The quantitative estimate of drug-likeness (QED) is 0.769. The third-order valence-electron chi connectivity index (χ3n) is 6.27. The van der Waals surface area contributed by atoms with Crippen molar-refractivity contribution in [2.75, 3.05) is 18.5 Å². The van der Waals surface area contributed by atoms with Crippen LogP contribution in [0, 0.1) is 18.8 Å². The van der Waals surface area contributed by atoms with Crippen LogP contribution in [0.5, 0.6) is 5.75 Å². The summed E-state index contributed by atoms with van der Waals surface area (Å²) in [5.74, 6) is 1.15. The molecule has 5 heteroatoms. The van der Waals surface area contributed by atoms with Gasteiger partial charge in [-0.25, -0.2) is 0 Å². The molecule has 0 spiro atoms. The molecule has 158 valence electrons. The second kappa shape index (κ2) is 9.33. The van der Waals surface area contributed by atoms with E-state index in [9.17, 15) is 9.59 Å². The zero-order valence-corrected chi connectivity index (χ0v) is 17.6. The zero-order chi connectivity index (χ0) is 20.9. The van der Waals surface area contributed by atoms with Crippen molar-refractivity contribution in [3.8, 4) is 5.75 Å². The SMILES string of the molecule is Cc1ccccc1C(=O)Nc1ccc2c(c1)CC(C(=O)NCC1CCCCC1)CO2. The van der Waals surface area contributed by atoms with Crippen LogP contribution in [0.3, 0.4) is 0 Å². The summed E-state index contributed by atoms with van der Waals surface area (Å²) in [5, 5.41) is 6.11. The van der Waals surface area contributed by atoms with Crippen LogP contribution in [0.4, 0.5) is 5.69 Å². The molecule has 2 aromatic rings. The Kier molecular flexibility index (Phi) is 6.36. The molecule has 1 atom stereocenters. The van der Waals surface area contributed by atoms with Crippen LogP contribution in [0.2, 0.25) is 0 Å². The third-order valence-corrected chi connectivity index (χ3v) is 6.27. The van der Waals surface area contributed by atoms with E-state index in [1.807, 2.05) is 49.4 Å². The second-order valence-corrected chi connectivity index (χ2v) is 8.55. The number of fused-ring (bicyclic) bond motifs is 1. The second-order valence-electron chi connectivity index (χ2n) is 8.55. The minimum Gasteiger partial charge on any atom is -0.492 e. The summed E-state index contributed by atoms with van der Waals surface area (Å²) in [6.45, 7) is 3.10. The van der Waals surface area contributed by atoms with Crippen LogP contribution < -0.4 is 15.4 Å². The van der Waals surface area contributed by atoms with Gasteiger partial charge in [0.1, 0.15) is 12.4 Å². The average molecular weight is 407 g/mol. The first-order valence-corrected chi connectivity index (χ1v) is 11.0. The summed E-state index contributed by atoms with van der Waals surface area (Å²) in [4.78, 5) is 25.3. The molecular formula is C25H30N2O3. The summed E-state index contributed by atoms with van der Waals surface area (Å²) in [5.41, 5.74) is 3.27. The number of anilines is 1.